The lowest BCUT2D eigenvalue weighted by Gasteiger charge is -2.14. The largest absolute Gasteiger partial charge is 0.401 e. The molecule has 2 N–H and O–H groups in total. The van der Waals surface area contributed by atoms with E-state index in [9.17, 15) is 5.26 Å². The third-order valence-corrected chi connectivity index (χ3v) is 5.47. The highest BCUT2D eigenvalue weighted by molar-refractivity contribution is 6.15. The van der Waals surface area contributed by atoms with Crippen LogP contribution in [0.2, 0.25) is 0 Å². The van der Waals surface area contributed by atoms with Gasteiger partial charge in [0.05, 0.1) is 11.6 Å². The normalized spacial score (nSPS) is 21.3. The minimum absolute atomic E-state index is 0.518. The molecule has 1 fully saturated rings. The van der Waals surface area contributed by atoms with Gasteiger partial charge in [0.2, 0.25) is 0 Å². The summed E-state index contributed by atoms with van der Waals surface area (Å²) in [6, 6.07) is 7.03. The predicted molar refractivity (Wildman–Crippen MR) is 114 cm³/mol. The lowest BCUT2D eigenvalue weighted by molar-refractivity contribution is 0.507. The van der Waals surface area contributed by atoms with E-state index in [4.69, 9.17) is 5.73 Å². The van der Waals surface area contributed by atoms with Gasteiger partial charge in [0.15, 0.2) is 0 Å². The third kappa shape index (κ3) is 3.83. The van der Waals surface area contributed by atoms with Crippen molar-refractivity contribution in [2.24, 2.45) is 16.6 Å². The summed E-state index contributed by atoms with van der Waals surface area (Å²) in [7, 11) is 0. The topological polar surface area (TPSA) is 67.1 Å². The summed E-state index contributed by atoms with van der Waals surface area (Å²) in [5.74, 6) is 0.760. The van der Waals surface area contributed by atoms with Gasteiger partial charge in [0.25, 0.3) is 0 Å². The Morgan fingerprint density at radius 3 is 2.74 bits per heavy atom. The number of rotatable bonds is 4. The maximum Gasteiger partial charge on any atom is 0.0994 e. The van der Waals surface area contributed by atoms with Crippen molar-refractivity contribution in [3.63, 3.8) is 0 Å². The van der Waals surface area contributed by atoms with Crippen molar-refractivity contribution in [1.82, 2.24) is 4.57 Å². The fourth-order valence-electron chi connectivity index (χ4n) is 4.02. The van der Waals surface area contributed by atoms with Crippen molar-refractivity contribution in [1.29, 1.82) is 5.26 Å². The molecule has 1 heterocycles. The van der Waals surface area contributed by atoms with E-state index < -0.39 is 0 Å². The van der Waals surface area contributed by atoms with Gasteiger partial charge in [-0.05, 0) is 69.2 Å². The Bertz CT molecular complexity index is 978. The SMILES string of the molecule is C/C=C(/C=N/C=C(\C)N)c1cn(C2CCC(C)C2)c2cc(C)c(C#N)cc12. The number of aliphatic imine (C=N–C) groups is 1. The number of nitrogens with zero attached hydrogens (tertiary/aromatic N) is 3. The van der Waals surface area contributed by atoms with Crippen LogP contribution in [0.1, 0.15) is 62.8 Å². The van der Waals surface area contributed by atoms with Gasteiger partial charge >= 0.3 is 0 Å². The van der Waals surface area contributed by atoms with E-state index in [1.165, 1.54) is 24.8 Å². The summed E-state index contributed by atoms with van der Waals surface area (Å²) in [6.07, 6.45) is 11.5. The lowest BCUT2D eigenvalue weighted by Crippen LogP contribution is -2.04. The first-order valence-corrected chi connectivity index (χ1v) is 9.62. The molecule has 2 atom stereocenters. The average molecular weight is 361 g/mol. The molecule has 0 spiro atoms. The molecule has 0 amide bonds. The van der Waals surface area contributed by atoms with Gasteiger partial charge in [-0.25, -0.2) is 0 Å². The minimum Gasteiger partial charge on any atom is -0.401 e. The van der Waals surface area contributed by atoms with Gasteiger partial charge in [-0.1, -0.05) is 13.0 Å². The van der Waals surface area contributed by atoms with E-state index in [1.54, 1.807) is 6.20 Å². The molecule has 1 aromatic carbocycles. The molecule has 2 aromatic rings. The van der Waals surface area contributed by atoms with Gasteiger partial charge in [0.1, 0.15) is 0 Å². The van der Waals surface area contributed by atoms with Gasteiger partial charge in [0, 0.05) is 46.8 Å². The first kappa shape index (κ1) is 19.0. The number of nitriles is 1. The van der Waals surface area contributed by atoms with Crippen LogP contribution >= 0.6 is 0 Å². The molecule has 0 radical (unpaired) electrons. The van der Waals surface area contributed by atoms with Crippen LogP contribution in [0.4, 0.5) is 0 Å². The number of allylic oxidation sites excluding steroid dienone is 3. The second kappa shape index (κ2) is 7.84. The maximum atomic E-state index is 9.50. The van der Waals surface area contributed by atoms with E-state index >= 15 is 0 Å². The van der Waals surface area contributed by atoms with Crippen LogP contribution in [0.3, 0.4) is 0 Å². The highest BCUT2D eigenvalue weighted by Gasteiger charge is 2.25. The Balaban J connectivity index is 2.18. The number of nitrogens with two attached hydrogens (primary N) is 1. The Kier molecular flexibility index (Phi) is 5.51. The molecule has 0 saturated heterocycles. The van der Waals surface area contributed by atoms with Gasteiger partial charge in [-0.2, -0.15) is 5.26 Å². The molecule has 4 nitrogen and oxygen atoms in total. The number of fused-ring (bicyclic) bond motifs is 1. The summed E-state index contributed by atoms with van der Waals surface area (Å²) in [5, 5.41) is 10.6. The molecule has 2 unspecified atom stereocenters. The van der Waals surface area contributed by atoms with Crippen LogP contribution < -0.4 is 5.73 Å². The summed E-state index contributed by atoms with van der Waals surface area (Å²) < 4.78 is 2.42. The number of aryl methyl sites for hydroxylation is 1. The smallest absolute Gasteiger partial charge is 0.0994 e. The summed E-state index contributed by atoms with van der Waals surface area (Å²) in [5.41, 5.74) is 11.5. The van der Waals surface area contributed by atoms with Crippen LogP contribution in [0.5, 0.6) is 0 Å². The summed E-state index contributed by atoms with van der Waals surface area (Å²) in [4.78, 5) is 4.35. The molecule has 1 aromatic heterocycles. The number of hydrogen-bond acceptors (Lipinski definition) is 3. The van der Waals surface area contributed by atoms with Crippen LogP contribution in [-0.4, -0.2) is 10.8 Å². The second-order valence-corrected chi connectivity index (χ2v) is 7.71. The fourth-order valence-corrected chi connectivity index (χ4v) is 4.02. The van der Waals surface area contributed by atoms with Crippen molar-refractivity contribution < 1.29 is 0 Å². The van der Waals surface area contributed by atoms with Crippen LogP contribution in [-0.2, 0) is 0 Å². The summed E-state index contributed by atoms with van der Waals surface area (Å²) >= 11 is 0. The molecule has 27 heavy (non-hydrogen) atoms. The Morgan fingerprint density at radius 2 is 2.15 bits per heavy atom. The van der Waals surface area contributed by atoms with Gasteiger partial charge < -0.3 is 10.3 Å². The molecule has 0 bridgehead atoms. The Hall–Kier alpha value is -2.80. The number of benzene rings is 1. The predicted octanol–water partition coefficient (Wildman–Crippen LogP) is 5.48. The van der Waals surface area contributed by atoms with Crippen molar-refractivity contribution in [2.75, 3.05) is 0 Å². The van der Waals surface area contributed by atoms with Gasteiger partial charge in [-0.3, -0.25) is 4.99 Å². The van der Waals surface area contributed by atoms with Crippen LogP contribution in [0.15, 0.2) is 41.3 Å². The molecule has 1 aliphatic carbocycles. The second-order valence-electron chi connectivity index (χ2n) is 7.71. The summed E-state index contributed by atoms with van der Waals surface area (Å²) in [6.45, 7) is 8.18. The van der Waals surface area contributed by atoms with Crippen molar-refractivity contribution in [3.8, 4) is 6.07 Å². The van der Waals surface area contributed by atoms with E-state index in [-0.39, 0.29) is 0 Å². The van der Waals surface area contributed by atoms with E-state index in [1.807, 2.05) is 33.1 Å². The van der Waals surface area contributed by atoms with E-state index in [0.29, 0.717) is 11.7 Å². The number of hydrogen-bond donors (Lipinski definition) is 1. The molecule has 4 heteroatoms. The third-order valence-electron chi connectivity index (χ3n) is 5.47. The zero-order valence-electron chi connectivity index (χ0n) is 16.7. The highest BCUT2D eigenvalue weighted by atomic mass is 15.0. The highest BCUT2D eigenvalue weighted by Crippen LogP contribution is 2.39. The zero-order chi connectivity index (χ0) is 19.6. The molecule has 1 saturated carbocycles. The Morgan fingerprint density at radius 1 is 1.37 bits per heavy atom. The van der Waals surface area contributed by atoms with Crippen molar-refractivity contribution in [2.45, 2.75) is 53.0 Å². The average Bonchev–Trinajstić information content (AvgIpc) is 3.21. The number of aromatic nitrogens is 1. The molecular formula is C23H28N4. The quantitative estimate of drug-likeness (QED) is 0.734. The molecule has 140 valence electrons. The minimum atomic E-state index is 0.518. The lowest BCUT2D eigenvalue weighted by atomic mass is 10.0. The van der Waals surface area contributed by atoms with Crippen LogP contribution in [0, 0.1) is 24.2 Å². The fraction of sp³-hybridized carbons (Fsp3) is 0.391. The van der Waals surface area contributed by atoms with E-state index in [2.05, 4.69) is 40.9 Å². The van der Waals surface area contributed by atoms with Gasteiger partial charge in [-0.15, -0.1) is 0 Å². The van der Waals surface area contributed by atoms with Crippen molar-refractivity contribution in [3.05, 3.63) is 53.0 Å². The van der Waals surface area contributed by atoms with Crippen molar-refractivity contribution >= 4 is 22.7 Å². The first-order chi connectivity index (χ1) is 12.9. The van der Waals surface area contributed by atoms with E-state index in [0.717, 1.165) is 33.6 Å². The monoisotopic (exact) mass is 360 g/mol. The molecular weight excluding hydrogens is 332 g/mol. The first-order valence-electron chi connectivity index (χ1n) is 9.62. The maximum absolute atomic E-state index is 9.50. The molecule has 0 aliphatic heterocycles. The van der Waals surface area contributed by atoms with Crippen LogP contribution in [0.25, 0.3) is 16.5 Å². The molecule has 3 rings (SSSR count). The standard InChI is InChI=1S/C23H28N4/c1-5-18(13-26-12-17(4)25)22-14-27(20-7-6-15(2)8-20)23-9-16(3)19(11-24)10-21(22)23/h5,9-10,12-15,20H,6-8,25H2,1-4H3/b17-12+,18-5-,26-13+. The zero-order valence-corrected chi connectivity index (χ0v) is 16.7. The molecule has 1 aliphatic rings. The Labute approximate surface area is 161 Å².